The molecule has 0 bridgehead atoms. The first kappa shape index (κ1) is 21.3. The van der Waals surface area contributed by atoms with Crippen molar-refractivity contribution in [3.63, 3.8) is 0 Å². The zero-order valence-corrected chi connectivity index (χ0v) is 16.8. The number of nitrogens with one attached hydrogen (secondary N) is 1. The van der Waals surface area contributed by atoms with Crippen LogP contribution in [0.3, 0.4) is 0 Å². The van der Waals surface area contributed by atoms with Crippen LogP contribution in [0.4, 0.5) is 0 Å². The maximum absolute atomic E-state index is 12.0. The molecule has 1 heterocycles. The maximum Gasteiger partial charge on any atom is 0.265 e. The molecule has 1 unspecified atom stereocenters. The van der Waals surface area contributed by atoms with Crippen LogP contribution >= 0.6 is 11.6 Å². The summed E-state index contributed by atoms with van der Waals surface area (Å²) >= 11 is 6.03. The number of nitrogens with zero attached hydrogens (tertiary/aromatic N) is 3. The Hall–Kier alpha value is -1.97. The van der Waals surface area contributed by atoms with Crippen molar-refractivity contribution in [2.24, 2.45) is 0 Å². The minimum absolute atomic E-state index is 0.0151. The van der Waals surface area contributed by atoms with Gasteiger partial charge in [0.1, 0.15) is 5.75 Å². The van der Waals surface area contributed by atoms with Crippen LogP contribution in [0.25, 0.3) is 6.08 Å². The summed E-state index contributed by atoms with van der Waals surface area (Å²) in [7, 11) is -3.56. The summed E-state index contributed by atoms with van der Waals surface area (Å²) in [5.41, 5.74) is 1.43. The van der Waals surface area contributed by atoms with Crippen LogP contribution in [0.5, 0.6) is 5.75 Å². The molecule has 0 aliphatic rings. The fourth-order valence-electron chi connectivity index (χ4n) is 2.57. The summed E-state index contributed by atoms with van der Waals surface area (Å²) in [5.74, 6) is -0.115. The number of aromatic nitrogens is 4. The third-order valence-corrected chi connectivity index (χ3v) is 5.83. The van der Waals surface area contributed by atoms with Gasteiger partial charge < -0.3 is 9.84 Å². The lowest BCUT2D eigenvalue weighted by Gasteiger charge is -2.20. The lowest BCUT2D eigenvalue weighted by molar-refractivity contribution is 0.0505. The monoisotopic (exact) mass is 414 g/mol. The lowest BCUT2D eigenvalue weighted by atomic mass is 9.99. The molecule has 0 saturated heterocycles. The second kappa shape index (κ2) is 9.82. The van der Waals surface area contributed by atoms with Gasteiger partial charge >= 0.3 is 0 Å². The van der Waals surface area contributed by atoms with E-state index in [1.165, 1.54) is 0 Å². The van der Waals surface area contributed by atoms with Crippen LogP contribution in [0.2, 0.25) is 5.02 Å². The molecular formula is C17H23ClN4O4S. The summed E-state index contributed by atoms with van der Waals surface area (Å²) in [4.78, 5) is 0. The number of phenolic OH excluding ortho intramolecular Hbond substituents is 1. The Morgan fingerprint density at radius 3 is 2.78 bits per heavy atom. The van der Waals surface area contributed by atoms with E-state index in [0.717, 1.165) is 12.0 Å². The predicted octanol–water partition coefficient (Wildman–Crippen LogP) is 3.31. The van der Waals surface area contributed by atoms with Gasteiger partial charge in [0.25, 0.3) is 5.16 Å². The molecule has 2 rings (SSSR count). The van der Waals surface area contributed by atoms with E-state index < -0.39 is 9.84 Å². The van der Waals surface area contributed by atoms with Gasteiger partial charge in [-0.2, -0.15) is 0 Å². The first-order chi connectivity index (χ1) is 12.9. The van der Waals surface area contributed by atoms with Crippen LogP contribution < -0.4 is 0 Å². The molecule has 1 atom stereocenters. The topological polar surface area (TPSA) is 118 Å². The van der Waals surface area contributed by atoms with Gasteiger partial charge in [0.2, 0.25) is 9.84 Å². The first-order valence-electron chi connectivity index (χ1n) is 8.66. The number of ether oxygens (including phenoxy) is 1. The molecule has 2 aromatic rings. The number of hydrogen-bond acceptors (Lipinski definition) is 7. The standard InChI is InChI=1S/C17H23ClN4O4S/c1-3-5-7-13-12(8-9-14(18)16(13)23)15(4-2)26-10-6-11-27(24,25)17-19-21-22-20-17/h5,7-9,15,23H,3-4,6,10-11H2,1-2H3,(H,19,20,21,22)/b7-5+. The van der Waals surface area contributed by atoms with E-state index in [1.807, 2.05) is 32.1 Å². The highest BCUT2D eigenvalue weighted by atomic mass is 35.5. The van der Waals surface area contributed by atoms with E-state index >= 15 is 0 Å². The number of H-pyrrole nitrogens is 1. The molecule has 0 fully saturated rings. The average Bonchev–Trinajstić information content (AvgIpc) is 3.19. The van der Waals surface area contributed by atoms with Gasteiger partial charge in [0.15, 0.2) is 0 Å². The minimum atomic E-state index is -3.56. The van der Waals surface area contributed by atoms with Gasteiger partial charge in [-0.1, -0.05) is 48.8 Å². The molecule has 0 aliphatic carbocycles. The number of phenols is 1. The van der Waals surface area contributed by atoms with Crippen LogP contribution in [0.1, 0.15) is 50.3 Å². The van der Waals surface area contributed by atoms with E-state index in [-0.39, 0.29) is 34.4 Å². The van der Waals surface area contributed by atoms with Crippen LogP contribution in [-0.2, 0) is 14.6 Å². The fraction of sp³-hybridized carbons (Fsp3) is 0.471. The predicted molar refractivity (Wildman–Crippen MR) is 102 cm³/mol. The van der Waals surface area contributed by atoms with Crippen molar-refractivity contribution in [2.45, 2.75) is 44.4 Å². The highest BCUT2D eigenvalue weighted by molar-refractivity contribution is 7.91. The second-order valence-corrected chi connectivity index (χ2v) is 8.29. The highest BCUT2D eigenvalue weighted by Gasteiger charge is 2.20. The average molecular weight is 415 g/mol. The number of halogens is 1. The van der Waals surface area contributed by atoms with Crippen molar-refractivity contribution in [2.75, 3.05) is 12.4 Å². The second-order valence-electron chi connectivity index (χ2n) is 5.86. The molecular weight excluding hydrogens is 392 g/mol. The van der Waals surface area contributed by atoms with Gasteiger partial charge in [0, 0.05) is 12.2 Å². The third-order valence-electron chi connectivity index (χ3n) is 3.94. The summed E-state index contributed by atoms with van der Waals surface area (Å²) < 4.78 is 30.0. The Bertz CT molecular complexity index is 869. The van der Waals surface area contributed by atoms with Crippen molar-refractivity contribution in [3.8, 4) is 5.75 Å². The summed E-state index contributed by atoms with van der Waals surface area (Å²) in [6, 6.07) is 3.45. The van der Waals surface area contributed by atoms with Crippen molar-refractivity contribution < 1.29 is 18.3 Å². The van der Waals surface area contributed by atoms with Crippen molar-refractivity contribution in [1.29, 1.82) is 0 Å². The number of hydrogen-bond donors (Lipinski definition) is 2. The van der Waals surface area contributed by atoms with Gasteiger partial charge in [-0.3, -0.25) is 0 Å². The van der Waals surface area contributed by atoms with E-state index in [2.05, 4.69) is 20.6 Å². The molecule has 10 heteroatoms. The molecule has 0 amide bonds. The number of rotatable bonds is 10. The molecule has 0 saturated carbocycles. The van der Waals surface area contributed by atoms with Crippen molar-refractivity contribution in [3.05, 3.63) is 34.4 Å². The van der Waals surface area contributed by atoms with Crippen LogP contribution in [0.15, 0.2) is 23.4 Å². The summed E-state index contributed by atoms with van der Waals surface area (Å²) in [6.07, 6.45) is 5.23. The maximum atomic E-state index is 12.0. The third kappa shape index (κ3) is 5.50. The minimum Gasteiger partial charge on any atom is -0.506 e. The van der Waals surface area contributed by atoms with Crippen molar-refractivity contribution >= 4 is 27.5 Å². The molecule has 27 heavy (non-hydrogen) atoms. The zero-order valence-electron chi connectivity index (χ0n) is 15.2. The van der Waals surface area contributed by atoms with Gasteiger partial charge in [-0.05, 0) is 41.3 Å². The fourth-order valence-corrected chi connectivity index (χ4v) is 3.77. The smallest absolute Gasteiger partial charge is 0.265 e. The van der Waals surface area contributed by atoms with Gasteiger partial charge in [-0.25, -0.2) is 13.5 Å². The lowest BCUT2D eigenvalue weighted by Crippen LogP contribution is -2.13. The number of aromatic hydroxyl groups is 1. The van der Waals surface area contributed by atoms with Crippen molar-refractivity contribution in [1.82, 2.24) is 20.6 Å². The Morgan fingerprint density at radius 1 is 1.37 bits per heavy atom. The number of sulfone groups is 1. The quantitative estimate of drug-likeness (QED) is 0.572. The number of allylic oxidation sites excluding steroid dienone is 1. The summed E-state index contributed by atoms with van der Waals surface area (Å²) in [5, 5.41) is 22.6. The van der Waals surface area contributed by atoms with Gasteiger partial charge in [-0.15, -0.1) is 0 Å². The zero-order chi connectivity index (χ0) is 19.9. The molecule has 0 radical (unpaired) electrons. The Morgan fingerprint density at radius 2 is 2.15 bits per heavy atom. The van der Waals surface area contributed by atoms with Gasteiger partial charge in [0.05, 0.1) is 16.9 Å². The molecule has 148 valence electrons. The van der Waals surface area contributed by atoms with E-state index in [9.17, 15) is 13.5 Å². The van der Waals surface area contributed by atoms with E-state index in [0.29, 0.717) is 18.4 Å². The Labute approximate surface area is 163 Å². The summed E-state index contributed by atoms with van der Waals surface area (Å²) in [6.45, 7) is 4.19. The molecule has 2 N–H and O–H groups in total. The SMILES string of the molecule is CC/C=C/c1c(C(CC)OCCCS(=O)(=O)c2nnn[nH]2)ccc(Cl)c1O. The van der Waals surface area contributed by atoms with E-state index in [1.54, 1.807) is 6.07 Å². The molecule has 0 spiro atoms. The normalized spacial score (nSPS) is 13.3. The molecule has 1 aromatic heterocycles. The molecule has 1 aromatic carbocycles. The Kier molecular flexibility index (Phi) is 7.76. The van der Waals surface area contributed by atoms with E-state index in [4.69, 9.17) is 16.3 Å². The van der Waals surface area contributed by atoms with Crippen LogP contribution in [0, 0.1) is 0 Å². The Balaban J connectivity index is 2.05. The largest absolute Gasteiger partial charge is 0.506 e. The number of benzene rings is 1. The number of aromatic amines is 1. The molecule has 0 aliphatic heterocycles. The highest BCUT2D eigenvalue weighted by Crippen LogP contribution is 2.36. The molecule has 8 nitrogen and oxygen atoms in total. The van der Waals surface area contributed by atoms with Crippen LogP contribution in [-0.4, -0.2) is 46.5 Å². The number of tetrazole rings is 1. The first-order valence-corrected chi connectivity index (χ1v) is 10.7.